The molecule has 0 spiro atoms. The van der Waals surface area contributed by atoms with Crippen LogP contribution in [0.2, 0.25) is 10.0 Å². The van der Waals surface area contributed by atoms with Gasteiger partial charge in [-0.3, -0.25) is 0 Å². The SMILES string of the molecule is CN1C=CC=C(c2noc(C(Oc3cccc(Cl)c3Cl)c3ccccc3)n2)C1.N. The van der Waals surface area contributed by atoms with Gasteiger partial charge in [-0.25, -0.2) is 0 Å². The predicted octanol–water partition coefficient (Wildman–Crippen LogP) is 5.55. The molecule has 0 saturated heterocycles. The van der Waals surface area contributed by atoms with Crippen LogP contribution in [0.5, 0.6) is 5.75 Å². The van der Waals surface area contributed by atoms with Crippen molar-refractivity contribution in [3.8, 4) is 5.75 Å². The van der Waals surface area contributed by atoms with Gasteiger partial charge in [0, 0.05) is 24.7 Å². The van der Waals surface area contributed by atoms with Crippen LogP contribution in [0.4, 0.5) is 0 Å². The van der Waals surface area contributed by atoms with Gasteiger partial charge in [0.05, 0.1) is 5.02 Å². The zero-order chi connectivity index (χ0) is 19.5. The first-order chi connectivity index (χ1) is 13.6. The van der Waals surface area contributed by atoms with Gasteiger partial charge in [-0.2, -0.15) is 4.98 Å². The highest BCUT2D eigenvalue weighted by Gasteiger charge is 2.25. The summed E-state index contributed by atoms with van der Waals surface area (Å²) in [7, 11) is 1.99. The van der Waals surface area contributed by atoms with E-state index in [1.165, 1.54) is 0 Å². The molecule has 0 radical (unpaired) electrons. The first-order valence-corrected chi connectivity index (χ1v) is 9.44. The number of aromatic nitrogens is 2. The van der Waals surface area contributed by atoms with Crippen LogP contribution in [-0.2, 0) is 0 Å². The van der Waals surface area contributed by atoms with E-state index in [0.717, 1.165) is 11.1 Å². The van der Waals surface area contributed by atoms with Crippen molar-refractivity contribution in [2.75, 3.05) is 13.6 Å². The maximum absolute atomic E-state index is 6.31. The Labute approximate surface area is 179 Å². The summed E-state index contributed by atoms with van der Waals surface area (Å²) in [5.74, 6) is 1.32. The Morgan fingerprint density at radius 1 is 1.10 bits per heavy atom. The fourth-order valence-electron chi connectivity index (χ4n) is 2.89. The maximum atomic E-state index is 6.31. The van der Waals surface area contributed by atoms with Crippen LogP contribution in [0, 0.1) is 0 Å². The minimum Gasteiger partial charge on any atom is -0.474 e. The number of halogens is 2. The molecule has 4 rings (SSSR count). The Balaban J connectivity index is 0.00000240. The van der Waals surface area contributed by atoms with E-state index in [0.29, 0.717) is 34.1 Å². The molecule has 1 aliphatic heterocycles. The molecule has 1 aromatic heterocycles. The summed E-state index contributed by atoms with van der Waals surface area (Å²) in [5, 5.41) is 4.90. The third kappa shape index (κ3) is 4.62. The molecule has 6 nitrogen and oxygen atoms in total. The second-order valence-corrected chi connectivity index (χ2v) is 7.15. The Kier molecular flexibility index (Phi) is 6.59. The van der Waals surface area contributed by atoms with Crippen LogP contribution >= 0.6 is 23.2 Å². The highest BCUT2D eigenvalue weighted by atomic mass is 35.5. The first-order valence-electron chi connectivity index (χ1n) is 8.69. The summed E-state index contributed by atoms with van der Waals surface area (Å²) in [6, 6.07) is 14.9. The molecule has 8 heteroatoms. The standard InChI is InChI=1S/C21H17Cl2N3O2.H3N/c1-26-12-6-9-15(13-26)20-24-21(28-25-20)19(14-7-3-2-4-8-14)27-17-11-5-10-16(22)18(17)23;/h2-12,19H,13H2,1H3;1H3. The van der Waals surface area contributed by atoms with Crippen molar-refractivity contribution in [1.82, 2.24) is 21.2 Å². The van der Waals surface area contributed by atoms with Crippen molar-refractivity contribution in [1.29, 1.82) is 0 Å². The molecule has 0 amide bonds. The van der Waals surface area contributed by atoms with Crippen molar-refractivity contribution in [3.05, 3.63) is 94.2 Å². The van der Waals surface area contributed by atoms with Gasteiger partial charge in [0.1, 0.15) is 10.8 Å². The molecule has 3 aromatic rings. The van der Waals surface area contributed by atoms with E-state index in [9.17, 15) is 0 Å². The highest BCUT2D eigenvalue weighted by Crippen LogP contribution is 2.36. The van der Waals surface area contributed by atoms with Crippen molar-refractivity contribution in [2.45, 2.75) is 6.10 Å². The normalized spacial score (nSPS) is 14.2. The fourth-order valence-corrected chi connectivity index (χ4v) is 3.22. The zero-order valence-electron chi connectivity index (χ0n) is 15.8. The number of benzene rings is 2. The first kappa shape index (κ1) is 20.9. The van der Waals surface area contributed by atoms with Crippen molar-refractivity contribution >= 4 is 28.8 Å². The molecule has 1 unspecified atom stereocenters. The molecule has 2 heterocycles. The van der Waals surface area contributed by atoms with Gasteiger partial charge in [-0.15, -0.1) is 0 Å². The molecule has 0 bridgehead atoms. The van der Waals surface area contributed by atoms with Gasteiger partial charge < -0.3 is 20.3 Å². The molecule has 29 heavy (non-hydrogen) atoms. The molecule has 0 fully saturated rings. The predicted molar refractivity (Wildman–Crippen MR) is 114 cm³/mol. The number of rotatable bonds is 5. The van der Waals surface area contributed by atoms with Crippen LogP contribution in [-0.4, -0.2) is 28.6 Å². The molecule has 0 saturated carbocycles. The Morgan fingerprint density at radius 2 is 1.90 bits per heavy atom. The molecule has 1 atom stereocenters. The monoisotopic (exact) mass is 430 g/mol. The molecule has 3 N–H and O–H groups in total. The lowest BCUT2D eigenvalue weighted by molar-refractivity contribution is 0.193. The quantitative estimate of drug-likeness (QED) is 0.570. The molecular formula is C21H20Cl2N4O2. The van der Waals surface area contributed by atoms with Gasteiger partial charge in [0.25, 0.3) is 5.89 Å². The van der Waals surface area contributed by atoms with E-state index in [1.54, 1.807) is 18.2 Å². The second-order valence-electron chi connectivity index (χ2n) is 6.37. The van der Waals surface area contributed by atoms with Gasteiger partial charge >= 0.3 is 0 Å². The average molecular weight is 431 g/mol. The van der Waals surface area contributed by atoms with E-state index in [1.807, 2.05) is 60.6 Å². The minimum absolute atomic E-state index is 0. The average Bonchev–Trinajstić information content (AvgIpc) is 3.20. The number of hydrogen-bond acceptors (Lipinski definition) is 6. The smallest absolute Gasteiger partial charge is 0.272 e. The summed E-state index contributed by atoms with van der Waals surface area (Å²) in [6.07, 6.45) is 5.30. The summed E-state index contributed by atoms with van der Waals surface area (Å²) in [5.41, 5.74) is 1.83. The lowest BCUT2D eigenvalue weighted by atomic mass is 10.1. The van der Waals surface area contributed by atoms with E-state index in [2.05, 4.69) is 10.1 Å². The van der Waals surface area contributed by atoms with E-state index in [-0.39, 0.29) is 6.15 Å². The van der Waals surface area contributed by atoms with Crippen LogP contribution in [0.1, 0.15) is 23.4 Å². The number of allylic oxidation sites excluding steroid dienone is 2. The molecule has 0 aliphatic carbocycles. The third-order valence-electron chi connectivity index (χ3n) is 4.27. The summed E-state index contributed by atoms with van der Waals surface area (Å²) >= 11 is 12.4. The minimum atomic E-state index is -0.615. The highest BCUT2D eigenvalue weighted by molar-refractivity contribution is 6.42. The molecule has 150 valence electrons. The number of nitrogens with zero attached hydrogens (tertiary/aromatic N) is 3. The number of likely N-dealkylation sites (N-methyl/N-ethyl adjacent to an activating group) is 1. The van der Waals surface area contributed by atoms with Crippen LogP contribution in [0.25, 0.3) is 5.57 Å². The zero-order valence-corrected chi connectivity index (χ0v) is 17.3. The van der Waals surface area contributed by atoms with E-state index < -0.39 is 6.10 Å². The topological polar surface area (TPSA) is 86.4 Å². The second kappa shape index (κ2) is 9.13. The Morgan fingerprint density at radius 3 is 2.66 bits per heavy atom. The number of hydrogen-bond donors (Lipinski definition) is 1. The van der Waals surface area contributed by atoms with Crippen molar-refractivity contribution in [2.24, 2.45) is 0 Å². The van der Waals surface area contributed by atoms with E-state index >= 15 is 0 Å². The molecule has 1 aliphatic rings. The Hall–Kier alpha value is -2.80. The van der Waals surface area contributed by atoms with Gasteiger partial charge in [0.15, 0.2) is 5.82 Å². The largest absolute Gasteiger partial charge is 0.474 e. The summed E-state index contributed by atoms with van der Waals surface area (Å²) in [4.78, 5) is 6.63. The van der Waals surface area contributed by atoms with Crippen LogP contribution in [0.15, 0.2) is 71.4 Å². The van der Waals surface area contributed by atoms with Crippen molar-refractivity contribution in [3.63, 3.8) is 0 Å². The number of ether oxygens (including phenoxy) is 1. The van der Waals surface area contributed by atoms with Crippen molar-refractivity contribution < 1.29 is 9.26 Å². The fraction of sp³-hybridized carbons (Fsp3) is 0.143. The lowest BCUT2D eigenvalue weighted by Gasteiger charge is -2.18. The summed E-state index contributed by atoms with van der Waals surface area (Å²) < 4.78 is 11.7. The Bertz CT molecular complexity index is 1030. The van der Waals surface area contributed by atoms with Gasteiger partial charge in [-0.05, 0) is 24.4 Å². The van der Waals surface area contributed by atoms with Gasteiger partial charge in [-0.1, -0.05) is 70.8 Å². The molecule has 2 aromatic carbocycles. The third-order valence-corrected chi connectivity index (χ3v) is 5.08. The van der Waals surface area contributed by atoms with Crippen LogP contribution in [0.3, 0.4) is 0 Å². The lowest BCUT2D eigenvalue weighted by Crippen LogP contribution is -2.16. The summed E-state index contributed by atoms with van der Waals surface area (Å²) in [6.45, 7) is 0.701. The molecular weight excluding hydrogens is 411 g/mol. The van der Waals surface area contributed by atoms with E-state index in [4.69, 9.17) is 32.5 Å². The maximum Gasteiger partial charge on any atom is 0.272 e. The van der Waals surface area contributed by atoms with Gasteiger partial charge in [0.2, 0.25) is 6.10 Å². The van der Waals surface area contributed by atoms with Crippen LogP contribution < -0.4 is 10.9 Å².